The van der Waals surface area contributed by atoms with Crippen LogP contribution in [0.4, 0.5) is 0 Å². The van der Waals surface area contributed by atoms with Crippen molar-refractivity contribution >= 4 is 0 Å². The van der Waals surface area contributed by atoms with Gasteiger partial charge >= 0.3 is 0 Å². The third-order valence-corrected chi connectivity index (χ3v) is 2.65. The Hall–Kier alpha value is -0.947. The van der Waals surface area contributed by atoms with Crippen molar-refractivity contribution in [2.45, 2.75) is 13.0 Å². The number of allylic oxidation sites excluding steroid dienone is 8. The van der Waals surface area contributed by atoms with Crippen molar-refractivity contribution in [2.24, 2.45) is 0 Å². The van der Waals surface area contributed by atoms with Gasteiger partial charge in [0.2, 0.25) is 0 Å². The Kier molecular flexibility index (Phi) is 21.2. The number of rotatable bonds is 5. The van der Waals surface area contributed by atoms with E-state index in [1.807, 2.05) is 91.8 Å². The van der Waals surface area contributed by atoms with E-state index < -0.39 is 0 Å². The molecule has 3 radical (unpaired) electrons. The minimum atomic E-state index is 0. The fraction of sp³-hybridized carbons (Fsp3) is 0.143. The molecule has 2 aliphatic rings. The molecule has 3 heteroatoms. The van der Waals surface area contributed by atoms with Gasteiger partial charge in [-0.3, -0.25) is 0 Å². The summed E-state index contributed by atoms with van der Waals surface area (Å²) in [6.45, 7) is 6.58. The van der Waals surface area contributed by atoms with Crippen LogP contribution in [0.15, 0.2) is 85.0 Å². The molecular formula is C21H23ClOZr-. The average Bonchev–Trinajstić information content (AvgIpc) is 3.31. The molecule has 0 N–H and O–H groups in total. The van der Waals surface area contributed by atoms with Crippen LogP contribution >= 0.6 is 0 Å². The van der Waals surface area contributed by atoms with Crippen molar-refractivity contribution in [1.82, 2.24) is 0 Å². The van der Waals surface area contributed by atoms with Crippen molar-refractivity contribution in [2.75, 3.05) is 6.61 Å². The third-order valence-electron chi connectivity index (χ3n) is 2.65. The molecule has 0 aromatic heterocycles. The second-order valence-corrected chi connectivity index (χ2v) is 4.49. The van der Waals surface area contributed by atoms with E-state index in [0.717, 1.165) is 6.42 Å². The maximum atomic E-state index is 5.35. The fourth-order valence-electron chi connectivity index (χ4n) is 1.56. The molecule has 1 aromatic carbocycles. The maximum absolute atomic E-state index is 5.35. The van der Waals surface area contributed by atoms with E-state index in [4.69, 9.17) is 11.3 Å². The van der Waals surface area contributed by atoms with Gasteiger partial charge in [-0.15, -0.1) is 0 Å². The van der Waals surface area contributed by atoms with Crippen LogP contribution in [-0.2, 0) is 37.5 Å². The first-order valence-electron chi connectivity index (χ1n) is 7.42. The molecule has 1 aromatic rings. The number of hydrogen-bond acceptors (Lipinski definition) is 1. The van der Waals surface area contributed by atoms with Crippen molar-refractivity contribution in [3.63, 3.8) is 0 Å². The second-order valence-electron chi connectivity index (χ2n) is 4.49. The Bertz CT molecular complexity index is 462. The van der Waals surface area contributed by atoms with E-state index in [1.165, 1.54) is 5.56 Å². The van der Waals surface area contributed by atoms with Crippen LogP contribution in [0.2, 0.25) is 0 Å². The first kappa shape index (κ1) is 25.3. The number of benzene rings is 1. The van der Waals surface area contributed by atoms with Gasteiger partial charge in [-0.2, -0.15) is 0 Å². The van der Waals surface area contributed by atoms with Gasteiger partial charge in [0.05, 0.1) is 13.2 Å². The van der Waals surface area contributed by atoms with E-state index in [9.17, 15) is 0 Å². The summed E-state index contributed by atoms with van der Waals surface area (Å²) >= 11 is 0. The Balaban J connectivity index is 0. The standard InChI is InChI=1S/C11H13O.2C5H5.ClH.Zr/c1-2-3-9-12-10-11-7-5-4-6-8-11;2*1-2-4-5-3-1;;/h1-2,4-8H,3,9-10H2;2*1-5H;1H;/p-1. The van der Waals surface area contributed by atoms with Gasteiger partial charge in [0, 0.05) is 39.0 Å². The van der Waals surface area contributed by atoms with Crippen LogP contribution in [0.25, 0.3) is 0 Å². The number of halogens is 1. The predicted molar refractivity (Wildman–Crippen MR) is 94.7 cm³/mol. The first-order valence-corrected chi connectivity index (χ1v) is 7.42. The van der Waals surface area contributed by atoms with Crippen LogP contribution in [0.3, 0.4) is 0 Å². The number of hydrogen-bond donors (Lipinski definition) is 0. The summed E-state index contributed by atoms with van der Waals surface area (Å²) in [7, 11) is 0. The molecule has 0 amide bonds. The molecule has 1 nitrogen and oxygen atoms in total. The smallest absolute Gasteiger partial charge is 0.0717 e. The molecule has 24 heavy (non-hydrogen) atoms. The van der Waals surface area contributed by atoms with Gasteiger partial charge in [-0.1, -0.05) is 91.6 Å². The van der Waals surface area contributed by atoms with Gasteiger partial charge in [0.15, 0.2) is 0 Å². The number of ether oxygens (including phenoxy) is 1. The molecule has 0 heterocycles. The predicted octanol–water partition coefficient (Wildman–Crippen LogP) is 2.22. The van der Waals surface area contributed by atoms with Gasteiger partial charge in [0.25, 0.3) is 0 Å². The molecule has 0 saturated heterocycles. The maximum Gasteiger partial charge on any atom is 0.0717 e. The fourth-order valence-corrected chi connectivity index (χ4v) is 1.56. The summed E-state index contributed by atoms with van der Waals surface area (Å²) in [4.78, 5) is 0. The van der Waals surface area contributed by atoms with E-state index in [1.54, 1.807) is 6.08 Å². The Labute approximate surface area is 172 Å². The van der Waals surface area contributed by atoms with E-state index >= 15 is 0 Å². The van der Waals surface area contributed by atoms with Crippen LogP contribution in [-0.4, -0.2) is 6.61 Å². The topological polar surface area (TPSA) is 9.23 Å². The minimum absolute atomic E-state index is 0. The zero-order valence-corrected chi connectivity index (χ0v) is 16.9. The normalized spacial score (nSPS) is 12.2. The van der Waals surface area contributed by atoms with Crippen LogP contribution in [0.5, 0.6) is 0 Å². The zero-order chi connectivity index (χ0) is 15.7. The van der Waals surface area contributed by atoms with Crippen LogP contribution in [0, 0.1) is 19.4 Å². The summed E-state index contributed by atoms with van der Waals surface area (Å²) in [5.41, 5.74) is 1.20. The zero-order valence-electron chi connectivity index (χ0n) is 13.7. The summed E-state index contributed by atoms with van der Waals surface area (Å²) in [5.74, 6) is 0. The summed E-state index contributed by atoms with van der Waals surface area (Å²) < 4.78 is 5.35. The van der Waals surface area contributed by atoms with Crippen LogP contribution < -0.4 is 12.4 Å². The average molecular weight is 418 g/mol. The van der Waals surface area contributed by atoms with Gasteiger partial charge in [-0.25, -0.2) is 0 Å². The molecule has 0 saturated carbocycles. The molecule has 3 rings (SSSR count). The summed E-state index contributed by atoms with van der Waals surface area (Å²) in [6.07, 6.45) is 22.4. The molecule has 0 aliphatic heterocycles. The van der Waals surface area contributed by atoms with Crippen LogP contribution in [0.1, 0.15) is 12.0 Å². The van der Waals surface area contributed by atoms with Crippen molar-refractivity contribution in [3.05, 3.63) is 110 Å². The minimum Gasteiger partial charge on any atom is -1.00 e. The van der Waals surface area contributed by atoms with E-state index in [2.05, 4.69) is 0 Å². The second kappa shape index (κ2) is 20.1. The monoisotopic (exact) mass is 416 g/mol. The molecule has 0 unspecified atom stereocenters. The van der Waals surface area contributed by atoms with Gasteiger partial charge in [-0.05, 0) is 12.0 Å². The largest absolute Gasteiger partial charge is 1.00 e. The summed E-state index contributed by atoms with van der Waals surface area (Å²) in [5, 5.41) is 0. The van der Waals surface area contributed by atoms with Crippen molar-refractivity contribution < 1.29 is 43.3 Å². The van der Waals surface area contributed by atoms with Gasteiger partial charge < -0.3 is 17.1 Å². The molecule has 0 bridgehead atoms. The molecular weight excluding hydrogens is 395 g/mol. The molecule has 0 atom stereocenters. The van der Waals surface area contributed by atoms with E-state index in [-0.39, 0.29) is 38.6 Å². The summed E-state index contributed by atoms with van der Waals surface area (Å²) in [6, 6.07) is 10.1. The van der Waals surface area contributed by atoms with Gasteiger partial charge in [0.1, 0.15) is 0 Å². The quantitative estimate of drug-likeness (QED) is 0.667. The Morgan fingerprint density at radius 3 is 1.67 bits per heavy atom. The SMILES string of the molecule is [CH]1C=CC=C1.[CH]1C=CC=C1.[CH]=CCCOCc1ccccc1.[Cl-].[Zr]. The third kappa shape index (κ3) is 15.9. The molecule has 2 aliphatic carbocycles. The Morgan fingerprint density at radius 1 is 0.792 bits per heavy atom. The van der Waals surface area contributed by atoms with Crippen molar-refractivity contribution in [1.29, 1.82) is 0 Å². The Morgan fingerprint density at radius 2 is 1.29 bits per heavy atom. The van der Waals surface area contributed by atoms with Crippen molar-refractivity contribution in [3.8, 4) is 0 Å². The molecule has 0 fully saturated rings. The van der Waals surface area contributed by atoms with E-state index in [0.29, 0.717) is 13.2 Å². The molecule has 0 spiro atoms. The molecule has 125 valence electrons. The first-order chi connectivity index (χ1) is 10.9.